The largest absolute Gasteiger partial charge is 0.349 e. The molecular formula is C18H18N6OS. The van der Waals surface area contributed by atoms with Gasteiger partial charge in [-0.2, -0.15) is 0 Å². The van der Waals surface area contributed by atoms with Crippen LogP contribution < -0.4 is 5.32 Å². The number of rotatable bonds is 6. The van der Waals surface area contributed by atoms with Crippen LogP contribution in [0.1, 0.15) is 24.2 Å². The number of aryl methyl sites for hydroxylation is 1. The van der Waals surface area contributed by atoms with Crippen LogP contribution in [0.25, 0.3) is 11.4 Å². The van der Waals surface area contributed by atoms with E-state index in [1.165, 1.54) is 11.8 Å². The quantitative estimate of drug-likeness (QED) is 0.529. The standard InChI is InChI=1S/C18H18N6OS/c1-12(23-16(25)11-26-18-20-6-3-7-21-18)15-10-22-17(24-13(15)2)14-4-8-19-9-5-14/h3-10,12H,11H2,1-2H3,(H,23,25). The molecule has 0 bridgehead atoms. The summed E-state index contributed by atoms with van der Waals surface area (Å²) in [5.74, 6) is 0.806. The lowest BCUT2D eigenvalue weighted by Crippen LogP contribution is -2.29. The summed E-state index contributed by atoms with van der Waals surface area (Å²) in [5.41, 5.74) is 2.63. The van der Waals surface area contributed by atoms with Crippen molar-refractivity contribution in [3.8, 4) is 11.4 Å². The zero-order chi connectivity index (χ0) is 18.4. The Morgan fingerprint density at radius 1 is 1.15 bits per heavy atom. The van der Waals surface area contributed by atoms with Crippen molar-refractivity contribution >= 4 is 17.7 Å². The Morgan fingerprint density at radius 3 is 2.58 bits per heavy atom. The molecule has 7 nitrogen and oxygen atoms in total. The van der Waals surface area contributed by atoms with Crippen molar-refractivity contribution in [2.45, 2.75) is 25.0 Å². The second kappa shape index (κ2) is 8.48. The van der Waals surface area contributed by atoms with Gasteiger partial charge in [0.05, 0.1) is 11.8 Å². The molecule has 0 saturated carbocycles. The monoisotopic (exact) mass is 366 g/mol. The number of nitrogens with zero attached hydrogens (tertiary/aromatic N) is 5. The summed E-state index contributed by atoms with van der Waals surface area (Å²) in [4.78, 5) is 33.3. The van der Waals surface area contributed by atoms with Gasteiger partial charge in [-0.25, -0.2) is 19.9 Å². The van der Waals surface area contributed by atoms with E-state index in [0.717, 1.165) is 16.8 Å². The molecule has 3 aromatic heterocycles. The third-order valence-electron chi connectivity index (χ3n) is 3.67. The molecule has 3 heterocycles. The predicted octanol–water partition coefficient (Wildman–Crippen LogP) is 2.61. The van der Waals surface area contributed by atoms with Crippen LogP contribution in [0.15, 0.2) is 54.3 Å². The van der Waals surface area contributed by atoms with Gasteiger partial charge in [0.2, 0.25) is 5.91 Å². The first-order valence-corrected chi connectivity index (χ1v) is 9.05. The molecule has 3 aromatic rings. The highest BCUT2D eigenvalue weighted by molar-refractivity contribution is 7.99. The molecule has 0 aliphatic rings. The molecule has 0 fully saturated rings. The van der Waals surface area contributed by atoms with Gasteiger partial charge in [0.15, 0.2) is 11.0 Å². The van der Waals surface area contributed by atoms with E-state index in [-0.39, 0.29) is 17.7 Å². The fourth-order valence-electron chi connectivity index (χ4n) is 2.39. The molecule has 132 valence electrons. The van der Waals surface area contributed by atoms with E-state index in [4.69, 9.17) is 0 Å². The molecule has 0 aromatic carbocycles. The number of aromatic nitrogens is 5. The second-order valence-corrected chi connectivity index (χ2v) is 6.52. The predicted molar refractivity (Wildman–Crippen MR) is 99.3 cm³/mol. The maximum Gasteiger partial charge on any atom is 0.230 e. The van der Waals surface area contributed by atoms with Crippen molar-refractivity contribution < 1.29 is 4.79 Å². The normalized spacial score (nSPS) is 11.8. The van der Waals surface area contributed by atoms with Crippen LogP contribution in [0, 0.1) is 6.92 Å². The topological polar surface area (TPSA) is 93.6 Å². The Morgan fingerprint density at radius 2 is 1.88 bits per heavy atom. The Labute approximate surface area is 155 Å². The highest BCUT2D eigenvalue weighted by Gasteiger charge is 2.15. The molecule has 1 amide bonds. The minimum atomic E-state index is -0.189. The first-order valence-electron chi connectivity index (χ1n) is 8.06. The van der Waals surface area contributed by atoms with Gasteiger partial charge in [0.25, 0.3) is 0 Å². The van der Waals surface area contributed by atoms with Crippen LogP contribution in [0.5, 0.6) is 0 Å². The van der Waals surface area contributed by atoms with Crippen LogP contribution in [0.4, 0.5) is 0 Å². The number of carbonyl (C=O) groups is 1. The lowest BCUT2D eigenvalue weighted by Gasteiger charge is -2.16. The molecular weight excluding hydrogens is 348 g/mol. The van der Waals surface area contributed by atoms with Crippen molar-refractivity contribution in [2.24, 2.45) is 0 Å². The summed E-state index contributed by atoms with van der Waals surface area (Å²) in [6.45, 7) is 3.83. The fourth-order valence-corrected chi connectivity index (χ4v) is 3.01. The molecule has 0 aliphatic carbocycles. The molecule has 26 heavy (non-hydrogen) atoms. The SMILES string of the molecule is Cc1nc(-c2ccncc2)ncc1C(C)NC(=O)CSc1ncccn1. The van der Waals surface area contributed by atoms with Crippen LogP contribution in [-0.2, 0) is 4.79 Å². The summed E-state index contributed by atoms with van der Waals surface area (Å²) in [6.07, 6.45) is 8.48. The fraction of sp³-hybridized carbons (Fsp3) is 0.222. The molecule has 0 radical (unpaired) electrons. The molecule has 0 spiro atoms. The number of nitrogens with one attached hydrogen (secondary N) is 1. The Bertz CT molecular complexity index is 875. The van der Waals surface area contributed by atoms with Crippen molar-refractivity contribution in [1.82, 2.24) is 30.2 Å². The zero-order valence-corrected chi connectivity index (χ0v) is 15.3. The summed E-state index contributed by atoms with van der Waals surface area (Å²) < 4.78 is 0. The number of thioether (sulfide) groups is 1. The lowest BCUT2D eigenvalue weighted by atomic mass is 10.1. The minimum absolute atomic E-state index is 0.0902. The first kappa shape index (κ1) is 17.9. The van der Waals surface area contributed by atoms with Gasteiger partial charge < -0.3 is 5.32 Å². The Balaban J connectivity index is 1.62. The van der Waals surface area contributed by atoms with Crippen molar-refractivity contribution in [1.29, 1.82) is 0 Å². The molecule has 0 aliphatic heterocycles. The maximum absolute atomic E-state index is 12.2. The van der Waals surface area contributed by atoms with Crippen LogP contribution in [-0.4, -0.2) is 36.6 Å². The van der Waals surface area contributed by atoms with Crippen molar-refractivity contribution in [2.75, 3.05) is 5.75 Å². The second-order valence-electron chi connectivity index (χ2n) is 5.58. The summed E-state index contributed by atoms with van der Waals surface area (Å²) >= 11 is 1.30. The maximum atomic E-state index is 12.2. The van der Waals surface area contributed by atoms with E-state index in [0.29, 0.717) is 11.0 Å². The van der Waals surface area contributed by atoms with E-state index in [1.807, 2.05) is 26.0 Å². The van der Waals surface area contributed by atoms with E-state index in [1.54, 1.807) is 37.1 Å². The third kappa shape index (κ3) is 4.60. The van der Waals surface area contributed by atoms with Crippen molar-refractivity contribution in [3.05, 3.63) is 60.4 Å². The number of carbonyl (C=O) groups excluding carboxylic acids is 1. The highest BCUT2D eigenvalue weighted by Crippen LogP contribution is 2.20. The van der Waals surface area contributed by atoms with Crippen LogP contribution >= 0.6 is 11.8 Å². The molecule has 1 N–H and O–H groups in total. The molecule has 3 rings (SSSR count). The van der Waals surface area contributed by atoms with Gasteiger partial charge in [0, 0.05) is 47.8 Å². The molecule has 0 saturated heterocycles. The smallest absolute Gasteiger partial charge is 0.230 e. The van der Waals surface area contributed by atoms with Gasteiger partial charge in [-0.05, 0) is 32.0 Å². The van der Waals surface area contributed by atoms with Gasteiger partial charge in [0.1, 0.15) is 0 Å². The Kier molecular flexibility index (Phi) is 5.85. The number of amides is 1. The number of hydrogen-bond donors (Lipinski definition) is 1. The van der Waals surface area contributed by atoms with Gasteiger partial charge in [-0.1, -0.05) is 11.8 Å². The van der Waals surface area contributed by atoms with Gasteiger partial charge in [-0.15, -0.1) is 0 Å². The number of pyridine rings is 1. The zero-order valence-electron chi connectivity index (χ0n) is 14.5. The molecule has 1 unspecified atom stereocenters. The third-order valence-corrected chi connectivity index (χ3v) is 4.55. The van der Waals surface area contributed by atoms with Crippen molar-refractivity contribution in [3.63, 3.8) is 0 Å². The van der Waals surface area contributed by atoms with Crippen LogP contribution in [0.2, 0.25) is 0 Å². The summed E-state index contributed by atoms with van der Waals surface area (Å²) in [5, 5.41) is 3.54. The van der Waals surface area contributed by atoms with Gasteiger partial charge in [-0.3, -0.25) is 9.78 Å². The van der Waals surface area contributed by atoms with E-state index < -0.39 is 0 Å². The first-order chi connectivity index (χ1) is 12.6. The Hall–Kier alpha value is -2.87. The molecule has 8 heteroatoms. The van der Waals surface area contributed by atoms with Crippen LogP contribution in [0.3, 0.4) is 0 Å². The number of hydrogen-bond acceptors (Lipinski definition) is 7. The summed E-state index contributed by atoms with van der Waals surface area (Å²) in [6, 6.07) is 5.28. The summed E-state index contributed by atoms with van der Waals surface area (Å²) in [7, 11) is 0. The average molecular weight is 366 g/mol. The van der Waals surface area contributed by atoms with Gasteiger partial charge >= 0.3 is 0 Å². The lowest BCUT2D eigenvalue weighted by molar-refractivity contribution is -0.119. The molecule has 1 atom stereocenters. The highest BCUT2D eigenvalue weighted by atomic mass is 32.2. The van der Waals surface area contributed by atoms with E-state index >= 15 is 0 Å². The van der Waals surface area contributed by atoms with E-state index in [9.17, 15) is 4.79 Å². The van der Waals surface area contributed by atoms with E-state index in [2.05, 4.69) is 30.2 Å². The average Bonchev–Trinajstić information content (AvgIpc) is 2.67. The minimum Gasteiger partial charge on any atom is -0.349 e.